The van der Waals surface area contributed by atoms with Crippen LogP contribution in [0.25, 0.3) is 0 Å². The van der Waals surface area contributed by atoms with Crippen LogP contribution in [0, 0.1) is 0 Å². The molecule has 0 radical (unpaired) electrons. The Labute approximate surface area is 146 Å². The molecule has 1 aliphatic heterocycles. The SMILES string of the molecule is NCCCNC(=O)C1CCCN1C(=O)COc1ccccc1C(N)=O. The van der Waals surface area contributed by atoms with Crippen LogP contribution in [0.3, 0.4) is 0 Å². The van der Waals surface area contributed by atoms with Gasteiger partial charge in [-0.15, -0.1) is 0 Å². The highest BCUT2D eigenvalue weighted by Crippen LogP contribution is 2.20. The lowest BCUT2D eigenvalue weighted by Crippen LogP contribution is -2.47. The molecule has 5 N–H and O–H groups in total. The minimum absolute atomic E-state index is 0.170. The summed E-state index contributed by atoms with van der Waals surface area (Å²) in [6.45, 7) is 1.25. The minimum Gasteiger partial charge on any atom is -0.483 e. The van der Waals surface area contributed by atoms with Gasteiger partial charge in [-0.3, -0.25) is 14.4 Å². The van der Waals surface area contributed by atoms with E-state index < -0.39 is 11.9 Å². The first-order valence-corrected chi connectivity index (χ1v) is 8.33. The molecule has 0 aromatic heterocycles. The lowest BCUT2D eigenvalue weighted by molar-refractivity contribution is -0.139. The van der Waals surface area contributed by atoms with Gasteiger partial charge in [0, 0.05) is 13.1 Å². The van der Waals surface area contributed by atoms with E-state index in [1.54, 1.807) is 18.2 Å². The lowest BCUT2D eigenvalue weighted by Gasteiger charge is -2.24. The van der Waals surface area contributed by atoms with E-state index in [9.17, 15) is 14.4 Å². The fourth-order valence-electron chi connectivity index (χ4n) is 2.79. The second-order valence-corrected chi connectivity index (χ2v) is 5.83. The average Bonchev–Trinajstić information content (AvgIpc) is 3.10. The van der Waals surface area contributed by atoms with Gasteiger partial charge in [0.05, 0.1) is 5.56 Å². The van der Waals surface area contributed by atoms with Crippen LogP contribution >= 0.6 is 0 Å². The second-order valence-electron chi connectivity index (χ2n) is 5.83. The molecular formula is C17H24N4O4. The minimum atomic E-state index is -0.624. The van der Waals surface area contributed by atoms with Crippen molar-refractivity contribution in [3.05, 3.63) is 29.8 Å². The first-order valence-electron chi connectivity index (χ1n) is 8.33. The number of likely N-dealkylation sites (tertiary alicyclic amines) is 1. The van der Waals surface area contributed by atoms with Crippen molar-refractivity contribution in [3.8, 4) is 5.75 Å². The highest BCUT2D eigenvalue weighted by Gasteiger charge is 2.34. The molecule has 2 rings (SSSR count). The zero-order valence-electron chi connectivity index (χ0n) is 14.1. The standard InChI is InChI=1S/C17H24N4O4/c18-8-4-9-20-17(24)13-6-3-10-21(13)15(22)11-25-14-7-2-1-5-12(14)16(19)23/h1-2,5,7,13H,3-4,6,8-11,18H2,(H2,19,23)(H,20,24). The maximum Gasteiger partial charge on any atom is 0.261 e. The third-order valence-corrected chi connectivity index (χ3v) is 4.06. The van der Waals surface area contributed by atoms with Gasteiger partial charge in [0.25, 0.3) is 11.8 Å². The molecule has 1 saturated heterocycles. The molecule has 3 amide bonds. The Kier molecular flexibility index (Phi) is 6.76. The Hall–Kier alpha value is -2.61. The number of para-hydroxylation sites is 1. The van der Waals surface area contributed by atoms with Crippen LogP contribution in [0.4, 0.5) is 0 Å². The molecular weight excluding hydrogens is 324 g/mol. The summed E-state index contributed by atoms with van der Waals surface area (Å²) < 4.78 is 5.46. The summed E-state index contributed by atoms with van der Waals surface area (Å²) in [4.78, 5) is 37.5. The van der Waals surface area contributed by atoms with Crippen LogP contribution in [0.1, 0.15) is 29.6 Å². The Balaban J connectivity index is 1.93. The number of rotatable bonds is 8. The monoisotopic (exact) mass is 348 g/mol. The van der Waals surface area contributed by atoms with Gasteiger partial charge >= 0.3 is 0 Å². The number of nitrogens with one attached hydrogen (secondary N) is 1. The van der Waals surface area contributed by atoms with E-state index in [1.807, 2.05) is 0 Å². The number of nitrogens with zero attached hydrogens (tertiary/aromatic N) is 1. The smallest absolute Gasteiger partial charge is 0.261 e. The van der Waals surface area contributed by atoms with Crippen LogP contribution < -0.4 is 21.5 Å². The molecule has 8 heteroatoms. The first kappa shape index (κ1) is 18.7. The van der Waals surface area contributed by atoms with Crippen LogP contribution in [-0.2, 0) is 9.59 Å². The van der Waals surface area contributed by atoms with Gasteiger partial charge in [-0.1, -0.05) is 12.1 Å². The van der Waals surface area contributed by atoms with Gasteiger partial charge in [0.2, 0.25) is 5.91 Å². The van der Waals surface area contributed by atoms with E-state index in [0.717, 1.165) is 6.42 Å². The molecule has 0 spiro atoms. The zero-order valence-corrected chi connectivity index (χ0v) is 14.1. The van der Waals surface area contributed by atoms with Crippen molar-refractivity contribution in [1.29, 1.82) is 0 Å². The fourth-order valence-corrected chi connectivity index (χ4v) is 2.79. The van der Waals surface area contributed by atoms with Crippen LogP contribution in [-0.4, -0.2) is 54.9 Å². The molecule has 136 valence electrons. The Morgan fingerprint density at radius 2 is 2.04 bits per heavy atom. The molecule has 1 heterocycles. The van der Waals surface area contributed by atoms with Gasteiger partial charge in [0.15, 0.2) is 6.61 Å². The number of carbonyl (C=O) groups is 3. The molecule has 8 nitrogen and oxygen atoms in total. The molecule has 0 bridgehead atoms. The number of amides is 3. The third kappa shape index (κ3) is 4.93. The number of benzene rings is 1. The molecule has 0 aliphatic carbocycles. The summed E-state index contributed by atoms with van der Waals surface area (Å²) in [6, 6.07) is 5.98. The fraction of sp³-hybridized carbons (Fsp3) is 0.471. The van der Waals surface area contributed by atoms with E-state index in [4.69, 9.17) is 16.2 Å². The molecule has 25 heavy (non-hydrogen) atoms. The van der Waals surface area contributed by atoms with Crippen molar-refractivity contribution < 1.29 is 19.1 Å². The molecule has 1 atom stereocenters. The van der Waals surface area contributed by atoms with E-state index in [0.29, 0.717) is 32.5 Å². The molecule has 0 saturated carbocycles. The highest BCUT2D eigenvalue weighted by atomic mass is 16.5. The van der Waals surface area contributed by atoms with Gasteiger partial charge in [-0.2, -0.15) is 0 Å². The van der Waals surface area contributed by atoms with Crippen LogP contribution in [0.15, 0.2) is 24.3 Å². The second kappa shape index (κ2) is 9.03. The summed E-state index contributed by atoms with van der Waals surface area (Å²) in [5.74, 6) is -0.833. The van der Waals surface area contributed by atoms with Gasteiger partial charge in [-0.05, 0) is 37.9 Å². The number of hydrogen-bond donors (Lipinski definition) is 3. The van der Waals surface area contributed by atoms with Crippen molar-refractivity contribution in [2.75, 3.05) is 26.2 Å². The number of primary amides is 1. The molecule has 1 aromatic carbocycles. The maximum atomic E-state index is 12.4. The number of nitrogens with two attached hydrogens (primary N) is 2. The zero-order chi connectivity index (χ0) is 18.2. The number of ether oxygens (including phenoxy) is 1. The summed E-state index contributed by atoms with van der Waals surface area (Å²) in [5, 5.41) is 2.79. The van der Waals surface area contributed by atoms with Gasteiger partial charge < -0.3 is 26.4 Å². The van der Waals surface area contributed by atoms with E-state index in [1.165, 1.54) is 11.0 Å². The molecule has 1 aliphatic rings. The third-order valence-electron chi connectivity index (χ3n) is 4.06. The first-order chi connectivity index (χ1) is 12.0. The van der Waals surface area contributed by atoms with Crippen molar-refractivity contribution >= 4 is 17.7 Å². The van der Waals surface area contributed by atoms with Gasteiger partial charge in [-0.25, -0.2) is 0 Å². The summed E-state index contributed by atoms with van der Waals surface area (Å²) >= 11 is 0. The van der Waals surface area contributed by atoms with E-state index in [2.05, 4.69) is 5.32 Å². The van der Waals surface area contributed by atoms with Crippen molar-refractivity contribution in [2.45, 2.75) is 25.3 Å². The van der Waals surface area contributed by atoms with Gasteiger partial charge in [0.1, 0.15) is 11.8 Å². The quantitative estimate of drug-likeness (QED) is 0.552. The van der Waals surface area contributed by atoms with E-state index in [-0.39, 0.29) is 29.7 Å². The summed E-state index contributed by atoms with van der Waals surface area (Å²) in [6.07, 6.45) is 2.08. The molecule has 1 aromatic rings. The average molecular weight is 348 g/mol. The Morgan fingerprint density at radius 3 is 2.76 bits per heavy atom. The van der Waals surface area contributed by atoms with Crippen LogP contribution in [0.5, 0.6) is 5.75 Å². The van der Waals surface area contributed by atoms with Crippen molar-refractivity contribution in [2.24, 2.45) is 11.5 Å². The molecule has 1 unspecified atom stereocenters. The largest absolute Gasteiger partial charge is 0.483 e. The van der Waals surface area contributed by atoms with Crippen LogP contribution in [0.2, 0.25) is 0 Å². The Bertz CT molecular complexity index is 635. The van der Waals surface area contributed by atoms with E-state index >= 15 is 0 Å². The van der Waals surface area contributed by atoms with Crippen molar-refractivity contribution in [3.63, 3.8) is 0 Å². The topological polar surface area (TPSA) is 128 Å². The predicted molar refractivity (Wildman–Crippen MR) is 91.9 cm³/mol. The maximum absolute atomic E-state index is 12.4. The number of carbonyl (C=O) groups excluding carboxylic acids is 3. The van der Waals surface area contributed by atoms with Crippen molar-refractivity contribution in [1.82, 2.24) is 10.2 Å². The predicted octanol–water partition coefficient (Wildman–Crippen LogP) is -0.380. The summed E-state index contributed by atoms with van der Waals surface area (Å²) in [7, 11) is 0. The molecule has 1 fully saturated rings. The summed E-state index contributed by atoms with van der Waals surface area (Å²) in [5.41, 5.74) is 10.9. The highest BCUT2D eigenvalue weighted by molar-refractivity contribution is 5.95. The lowest BCUT2D eigenvalue weighted by atomic mass is 10.2. The number of hydrogen-bond acceptors (Lipinski definition) is 5. The normalized spacial score (nSPS) is 16.5. The Morgan fingerprint density at radius 1 is 1.28 bits per heavy atom.